The van der Waals surface area contributed by atoms with E-state index in [-0.39, 0.29) is 0 Å². The van der Waals surface area contributed by atoms with Crippen LogP contribution in [0.2, 0.25) is 5.15 Å². The fourth-order valence-corrected chi connectivity index (χ4v) is 2.65. The molecule has 78 valence electrons. The van der Waals surface area contributed by atoms with Gasteiger partial charge >= 0.3 is 0 Å². The van der Waals surface area contributed by atoms with Gasteiger partial charge < -0.3 is 5.32 Å². The Balaban J connectivity index is 2.01. The molecule has 1 aromatic heterocycles. The predicted octanol–water partition coefficient (Wildman–Crippen LogP) is 2.04. The Morgan fingerprint density at radius 2 is 2.13 bits per heavy atom. The molecule has 0 spiro atoms. The number of hydrogen-bond donors (Lipinski definition) is 1. The summed E-state index contributed by atoms with van der Waals surface area (Å²) < 4.78 is 0. The molecule has 1 saturated heterocycles. The minimum atomic E-state index is 0.429. The topological polar surface area (TPSA) is 37.8 Å². The van der Waals surface area contributed by atoms with Crippen LogP contribution < -0.4 is 5.32 Å². The van der Waals surface area contributed by atoms with Gasteiger partial charge in [0.1, 0.15) is 5.69 Å². The summed E-state index contributed by atoms with van der Waals surface area (Å²) in [6.45, 7) is 0. The average Bonchev–Trinajstić information content (AvgIpc) is 2.63. The van der Waals surface area contributed by atoms with E-state index in [0.29, 0.717) is 17.2 Å². The molecule has 3 heterocycles. The van der Waals surface area contributed by atoms with Crippen LogP contribution in [0.3, 0.4) is 0 Å². The Morgan fingerprint density at radius 1 is 1.27 bits per heavy atom. The quantitative estimate of drug-likeness (QED) is 0.789. The second-order valence-corrected chi connectivity index (χ2v) is 4.44. The van der Waals surface area contributed by atoms with E-state index in [1.807, 2.05) is 0 Å². The zero-order chi connectivity index (χ0) is 10.3. The summed E-state index contributed by atoms with van der Waals surface area (Å²) in [5, 5.41) is 4.08. The highest BCUT2D eigenvalue weighted by Gasteiger charge is 2.31. The summed E-state index contributed by atoms with van der Waals surface area (Å²) in [7, 11) is 0. The lowest BCUT2D eigenvalue weighted by Gasteiger charge is -2.22. The first-order valence-electron chi connectivity index (χ1n) is 5.27. The SMILES string of the molecule is Clc1nccnc1C1=CC[C@@H]2CC[C@H]1N2. The molecule has 3 rings (SSSR count). The van der Waals surface area contributed by atoms with Gasteiger partial charge in [-0.15, -0.1) is 0 Å². The molecule has 0 radical (unpaired) electrons. The van der Waals surface area contributed by atoms with Crippen LogP contribution in [0.1, 0.15) is 25.0 Å². The minimum Gasteiger partial charge on any atom is -0.307 e. The highest BCUT2D eigenvalue weighted by Crippen LogP contribution is 2.33. The summed E-state index contributed by atoms with van der Waals surface area (Å²) in [4.78, 5) is 8.39. The molecule has 3 nitrogen and oxygen atoms in total. The van der Waals surface area contributed by atoms with Gasteiger partial charge in [-0.3, -0.25) is 4.98 Å². The number of rotatable bonds is 1. The van der Waals surface area contributed by atoms with Crippen LogP contribution in [0.15, 0.2) is 18.5 Å². The molecule has 0 amide bonds. The molecule has 0 saturated carbocycles. The maximum atomic E-state index is 6.05. The molecule has 1 fully saturated rings. The van der Waals surface area contributed by atoms with E-state index in [9.17, 15) is 0 Å². The van der Waals surface area contributed by atoms with Crippen molar-refractivity contribution in [3.05, 3.63) is 29.3 Å². The summed E-state index contributed by atoms with van der Waals surface area (Å²) in [6.07, 6.45) is 9.10. The summed E-state index contributed by atoms with van der Waals surface area (Å²) in [5.74, 6) is 0. The molecule has 2 bridgehead atoms. The van der Waals surface area contributed by atoms with Gasteiger partial charge in [0.15, 0.2) is 5.15 Å². The first kappa shape index (κ1) is 9.31. The van der Waals surface area contributed by atoms with Crippen molar-refractivity contribution in [2.75, 3.05) is 0 Å². The van der Waals surface area contributed by atoms with Crippen molar-refractivity contribution in [1.29, 1.82) is 0 Å². The molecule has 15 heavy (non-hydrogen) atoms. The van der Waals surface area contributed by atoms with Crippen molar-refractivity contribution in [3.8, 4) is 0 Å². The van der Waals surface area contributed by atoms with Crippen molar-refractivity contribution in [3.63, 3.8) is 0 Å². The van der Waals surface area contributed by atoms with Crippen LogP contribution in [0.25, 0.3) is 5.57 Å². The van der Waals surface area contributed by atoms with Gasteiger partial charge in [0, 0.05) is 24.5 Å². The summed E-state index contributed by atoms with van der Waals surface area (Å²) in [5.41, 5.74) is 2.07. The number of hydrogen-bond acceptors (Lipinski definition) is 3. The molecule has 4 heteroatoms. The molecular weight excluding hydrogens is 210 g/mol. The van der Waals surface area contributed by atoms with Crippen LogP contribution in [0.4, 0.5) is 0 Å². The number of nitrogens with one attached hydrogen (secondary N) is 1. The lowest BCUT2D eigenvalue weighted by molar-refractivity contribution is 0.574. The van der Waals surface area contributed by atoms with Gasteiger partial charge in [-0.05, 0) is 24.8 Å². The van der Waals surface area contributed by atoms with E-state index in [1.54, 1.807) is 12.4 Å². The summed E-state index contributed by atoms with van der Waals surface area (Å²) >= 11 is 6.05. The van der Waals surface area contributed by atoms with Crippen LogP contribution in [0.5, 0.6) is 0 Å². The van der Waals surface area contributed by atoms with Gasteiger partial charge in [-0.25, -0.2) is 4.98 Å². The average molecular weight is 222 g/mol. The maximum absolute atomic E-state index is 6.05. The molecule has 0 aliphatic carbocycles. The Morgan fingerprint density at radius 3 is 3.00 bits per heavy atom. The van der Waals surface area contributed by atoms with E-state index < -0.39 is 0 Å². The summed E-state index contributed by atoms with van der Waals surface area (Å²) in [6, 6.07) is 1.09. The van der Waals surface area contributed by atoms with E-state index in [1.165, 1.54) is 18.4 Å². The van der Waals surface area contributed by atoms with E-state index in [2.05, 4.69) is 21.4 Å². The standard InChI is InChI=1S/C11H12ClN3/c12-11-10(13-5-6-14-11)8-3-1-7-2-4-9(8)15-7/h3,5-7,9,15H,1-2,4H2/t7-,9-/m1/s1. The smallest absolute Gasteiger partial charge is 0.154 e. The van der Waals surface area contributed by atoms with Crippen LogP contribution in [-0.4, -0.2) is 22.1 Å². The molecule has 0 unspecified atom stereocenters. The molecular formula is C11H12ClN3. The van der Waals surface area contributed by atoms with E-state index in [0.717, 1.165) is 12.1 Å². The van der Waals surface area contributed by atoms with E-state index in [4.69, 9.17) is 11.6 Å². The van der Waals surface area contributed by atoms with Gasteiger partial charge in [0.05, 0.1) is 0 Å². The molecule has 1 aromatic rings. The van der Waals surface area contributed by atoms with Crippen LogP contribution in [-0.2, 0) is 0 Å². The number of nitrogens with zero attached hydrogens (tertiary/aromatic N) is 2. The molecule has 2 aliphatic heterocycles. The zero-order valence-corrected chi connectivity index (χ0v) is 9.04. The largest absolute Gasteiger partial charge is 0.307 e. The number of fused-ring (bicyclic) bond motifs is 2. The molecule has 2 atom stereocenters. The zero-order valence-electron chi connectivity index (χ0n) is 8.28. The fraction of sp³-hybridized carbons (Fsp3) is 0.455. The number of aromatic nitrogens is 2. The maximum Gasteiger partial charge on any atom is 0.154 e. The number of halogens is 1. The fourth-order valence-electron chi connectivity index (χ4n) is 2.44. The van der Waals surface area contributed by atoms with Gasteiger partial charge in [0.2, 0.25) is 0 Å². The molecule has 1 N–H and O–H groups in total. The normalized spacial score (nSPS) is 29.0. The van der Waals surface area contributed by atoms with Gasteiger partial charge in [-0.2, -0.15) is 0 Å². The Bertz CT molecular complexity index is 416. The predicted molar refractivity (Wildman–Crippen MR) is 59.6 cm³/mol. The second kappa shape index (κ2) is 3.58. The molecule has 2 aliphatic rings. The van der Waals surface area contributed by atoms with E-state index >= 15 is 0 Å². The first-order chi connectivity index (χ1) is 7.34. The Hall–Kier alpha value is -0.930. The van der Waals surface area contributed by atoms with Crippen LogP contribution >= 0.6 is 11.6 Å². The second-order valence-electron chi connectivity index (χ2n) is 4.08. The monoisotopic (exact) mass is 221 g/mol. The highest BCUT2D eigenvalue weighted by molar-refractivity contribution is 6.30. The van der Waals surface area contributed by atoms with Gasteiger partial charge in [0.25, 0.3) is 0 Å². The minimum absolute atomic E-state index is 0.429. The Kier molecular flexibility index (Phi) is 2.22. The lowest BCUT2D eigenvalue weighted by Crippen LogP contribution is -2.33. The van der Waals surface area contributed by atoms with Crippen LogP contribution in [0, 0.1) is 0 Å². The third kappa shape index (κ3) is 1.56. The lowest BCUT2D eigenvalue weighted by atomic mass is 10.0. The molecule has 0 aromatic carbocycles. The third-order valence-electron chi connectivity index (χ3n) is 3.17. The van der Waals surface area contributed by atoms with Crippen molar-refractivity contribution in [2.24, 2.45) is 0 Å². The van der Waals surface area contributed by atoms with Crippen molar-refractivity contribution in [1.82, 2.24) is 15.3 Å². The van der Waals surface area contributed by atoms with Gasteiger partial charge in [-0.1, -0.05) is 17.7 Å². The van der Waals surface area contributed by atoms with Crippen molar-refractivity contribution < 1.29 is 0 Å². The van der Waals surface area contributed by atoms with Crippen molar-refractivity contribution >= 4 is 17.2 Å². The Labute approximate surface area is 93.6 Å². The van der Waals surface area contributed by atoms with Crippen molar-refractivity contribution in [2.45, 2.75) is 31.3 Å². The third-order valence-corrected chi connectivity index (χ3v) is 3.44. The first-order valence-corrected chi connectivity index (χ1v) is 5.65. The highest BCUT2D eigenvalue weighted by atomic mass is 35.5.